The van der Waals surface area contributed by atoms with E-state index in [1.807, 2.05) is 0 Å². The van der Waals surface area contributed by atoms with Gasteiger partial charge in [0.25, 0.3) is 5.91 Å². The lowest BCUT2D eigenvalue weighted by Gasteiger charge is -2.39. The second kappa shape index (κ2) is 11.6. The van der Waals surface area contributed by atoms with E-state index in [0.717, 1.165) is 42.5 Å². The van der Waals surface area contributed by atoms with Crippen molar-refractivity contribution in [3.05, 3.63) is 59.7 Å². The van der Waals surface area contributed by atoms with Gasteiger partial charge in [0.05, 0.1) is 32.9 Å². The fourth-order valence-corrected chi connectivity index (χ4v) is 5.28. The van der Waals surface area contributed by atoms with Gasteiger partial charge in [-0.15, -0.1) is 0 Å². The quantitative estimate of drug-likeness (QED) is 0.302. The number of carbonyl (C=O) groups excluding carboxylic acids is 3. The molecule has 1 atom stereocenters. The fraction of sp³-hybridized carbons (Fsp3) is 0.346. The van der Waals surface area contributed by atoms with E-state index in [1.54, 1.807) is 18.2 Å². The summed E-state index contributed by atoms with van der Waals surface area (Å²) in [4.78, 5) is 50.4. The van der Waals surface area contributed by atoms with Crippen LogP contribution in [0.1, 0.15) is 16.7 Å². The van der Waals surface area contributed by atoms with Gasteiger partial charge >= 0.3 is 18.2 Å². The fourth-order valence-electron chi connectivity index (χ4n) is 4.26. The first kappa shape index (κ1) is 28.3. The van der Waals surface area contributed by atoms with E-state index < -0.39 is 35.8 Å². The van der Waals surface area contributed by atoms with E-state index in [0.29, 0.717) is 23.7 Å². The molecule has 2 heterocycles. The Morgan fingerprint density at radius 1 is 1.08 bits per heavy atom. The van der Waals surface area contributed by atoms with Crippen molar-refractivity contribution in [3.8, 4) is 5.75 Å². The first-order valence-corrected chi connectivity index (χ1v) is 12.6. The summed E-state index contributed by atoms with van der Waals surface area (Å²) in [6.45, 7) is 3.84. The van der Waals surface area contributed by atoms with Crippen LogP contribution in [-0.2, 0) is 36.5 Å². The highest BCUT2D eigenvalue weighted by molar-refractivity contribution is 7.99. The third-order valence-corrected chi connectivity index (χ3v) is 7.37. The van der Waals surface area contributed by atoms with E-state index in [2.05, 4.69) is 6.58 Å². The number of esters is 1. The van der Waals surface area contributed by atoms with Gasteiger partial charge in [-0.3, -0.25) is 9.69 Å². The third kappa shape index (κ3) is 6.14. The van der Waals surface area contributed by atoms with Crippen molar-refractivity contribution in [3.63, 3.8) is 0 Å². The van der Waals surface area contributed by atoms with E-state index >= 15 is 0 Å². The summed E-state index contributed by atoms with van der Waals surface area (Å²) in [5, 5.41) is 0. The van der Waals surface area contributed by atoms with Gasteiger partial charge in [-0.25, -0.2) is 9.59 Å². The molecule has 2 aliphatic rings. The summed E-state index contributed by atoms with van der Waals surface area (Å²) < 4.78 is 51.7. The topological polar surface area (TPSA) is 94.6 Å². The highest BCUT2D eigenvalue weighted by atomic mass is 32.2. The number of methoxy groups -OCH3 is 2. The third-order valence-electron chi connectivity index (χ3n) is 6.30. The average molecular weight is 567 g/mol. The Kier molecular flexibility index (Phi) is 8.40. The molecule has 1 fully saturated rings. The molecule has 2 aliphatic heterocycles. The number of piperazine rings is 1. The van der Waals surface area contributed by atoms with Gasteiger partial charge in [0.15, 0.2) is 11.8 Å². The number of hydrogen-bond donors (Lipinski definition) is 0. The summed E-state index contributed by atoms with van der Waals surface area (Å²) in [6.07, 6.45) is -4.89. The molecule has 0 aliphatic carbocycles. The zero-order valence-electron chi connectivity index (χ0n) is 21.1. The number of ether oxygens (including phenoxy) is 2. The first-order chi connectivity index (χ1) is 18.5. The summed E-state index contributed by atoms with van der Waals surface area (Å²) in [5.74, 6) is -0.905. The van der Waals surface area contributed by atoms with Gasteiger partial charge in [0, 0.05) is 40.4 Å². The van der Waals surface area contributed by atoms with Crippen molar-refractivity contribution in [2.75, 3.05) is 40.5 Å². The lowest BCUT2D eigenvalue weighted by atomic mass is 10.0. The van der Waals surface area contributed by atoms with E-state index in [1.165, 1.54) is 17.0 Å². The molecule has 0 saturated carbocycles. The lowest BCUT2D eigenvalue weighted by molar-refractivity contribution is -0.215. The molecule has 208 valence electrons. The normalized spacial score (nSPS) is 17.1. The van der Waals surface area contributed by atoms with Crippen molar-refractivity contribution in [1.82, 2.24) is 9.80 Å². The minimum absolute atomic E-state index is 0.0160. The molecule has 1 unspecified atom stereocenters. The Morgan fingerprint density at radius 2 is 1.85 bits per heavy atom. The number of nitrogens with zero attached hydrogens (tertiary/aromatic N) is 2. The monoisotopic (exact) mass is 566 g/mol. The highest BCUT2D eigenvalue weighted by Crippen LogP contribution is 2.42. The van der Waals surface area contributed by atoms with Crippen molar-refractivity contribution in [1.29, 1.82) is 0 Å². The predicted octanol–water partition coefficient (Wildman–Crippen LogP) is 4.19. The molecule has 0 bridgehead atoms. The number of fused-ring (bicyclic) bond motifs is 1. The van der Waals surface area contributed by atoms with Gasteiger partial charge in [-0.2, -0.15) is 18.1 Å². The Bertz CT molecular complexity index is 1300. The zero-order chi connectivity index (χ0) is 28.3. The SMILES string of the molecule is C=C(C(=O)N1CCN(C(=O)OC)C(C(=O)OC)C1)c1ccc(Sc2ccc3c(c2)CCOO3)c(C(F)(F)F)c1. The Morgan fingerprint density at radius 3 is 2.54 bits per heavy atom. The molecule has 9 nitrogen and oxygen atoms in total. The molecule has 13 heteroatoms. The van der Waals surface area contributed by atoms with Crippen LogP contribution in [0.4, 0.5) is 18.0 Å². The van der Waals surface area contributed by atoms with Crippen LogP contribution in [0, 0.1) is 0 Å². The molecule has 2 amide bonds. The van der Waals surface area contributed by atoms with Crippen LogP contribution in [-0.4, -0.2) is 74.3 Å². The molecule has 2 aromatic carbocycles. The second-order valence-corrected chi connectivity index (χ2v) is 9.78. The largest absolute Gasteiger partial charge is 0.467 e. The summed E-state index contributed by atoms with van der Waals surface area (Å²) >= 11 is 0.940. The zero-order valence-corrected chi connectivity index (χ0v) is 21.9. The molecule has 0 N–H and O–H groups in total. The molecular weight excluding hydrogens is 541 g/mol. The number of amides is 2. The van der Waals surface area contributed by atoms with Gasteiger partial charge in [-0.05, 0) is 35.9 Å². The van der Waals surface area contributed by atoms with Crippen LogP contribution in [0.5, 0.6) is 5.75 Å². The first-order valence-electron chi connectivity index (χ1n) is 11.8. The van der Waals surface area contributed by atoms with Gasteiger partial charge in [-0.1, -0.05) is 24.4 Å². The second-order valence-electron chi connectivity index (χ2n) is 8.67. The van der Waals surface area contributed by atoms with Crippen LogP contribution in [0.25, 0.3) is 5.57 Å². The van der Waals surface area contributed by atoms with Crippen LogP contribution in [0.2, 0.25) is 0 Å². The van der Waals surface area contributed by atoms with Gasteiger partial charge in [0.1, 0.15) is 0 Å². The number of alkyl halides is 3. The van der Waals surface area contributed by atoms with E-state index in [9.17, 15) is 27.6 Å². The van der Waals surface area contributed by atoms with E-state index in [-0.39, 0.29) is 35.7 Å². The summed E-state index contributed by atoms with van der Waals surface area (Å²) in [5.41, 5.74) is -0.289. The van der Waals surface area contributed by atoms with Crippen molar-refractivity contribution < 1.29 is 46.8 Å². The van der Waals surface area contributed by atoms with Crippen LogP contribution < -0.4 is 4.89 Å². The maximum absolute atomic E-state index is 14.1. The van der Waals surface area contributed by atoms with Gasteiger partial charge in [0.2, 0.25) is 0 Å². The minimum Gasteiger partial charge on any atom is -0.467 e. The van der Waals surface area contributed by atoms with Crippen molar-refractivity contribution in [2.45, 2.75) is 28.4 Å². The van der Waals surface area contributed by atoms with Crippen LogP contribution in [0.15, 0.2) is 52.8 Å². The minimum atomic E-state index is -4.70. The number of rotatable bonds is 5. The van der Waals surface area contributed by atoms with Crippen LogP contribution in [0.3, 0.4) is 0 Å². The number of benzene rings is 2. The lowest BCUT2D eigenvalue weighted by Crippen LogP contribution is -2.59. The Labute approximate surface area is 226 Å². The predicted molar refractivity (Wildman–Crippen MR) is 133 cm³/mol. The summed E-state index contributed by atoms with van der Waals surface area (Å²) in [6, 6.07) is 7.49. The molecule has 4 rings (SSSR count). The standard InChI is InChI=1S/C26H25F3N2O7S/c1-15(23(32)30-9-10-31(25(34)36-3)20(14-30)24(33)35-2)16-4-7-22(19(13-16)26(27,28)29)39-18-5-6-21-17(12-18)8-11-37-38-21/h4-7,12-13,20H,1,8-11,14H2,2-3H3. The number of carbonyl (C=O) groups is 3. The average Bonchev–Trinajstić information content (AvgIpc) is 2.94. The molecular formula is C26H25F3N2O7S. The molecule has 2 aromatic rings. The molecule has 1 saturated heterocycles. The Hall–Kier alpha value is -3.71. The number of halogens is 3. The molecule has 0 aromatic heterocycles. The Balaban J connectivity index is 1.56. The highest BCUT2D eigenvalue weighted by Gasteiger charge is 2.39. The maximum Gasteiger partial charge on any atom is 0.417 e. The van der Waals surface area contributed by atoms with Crippen LogP contribution >= 0.6 is 11.8 Å². The van der Waals surface area contributed by atoms with Crippen molar-refractivity contribution in [2.24, 2.45) is 0 Å². The number of hydrogen-bond acceptors (Lipinski definition) is 8. The maximum atomic E-state index is 14.1. The molecule has 0 spiro atoms. The molecule has 0 radical (unpaired) electrons. The molecule has 39 heavy (non-hydrogen) atoms. The summed E-state index contributed by atoms with van der Waals surface area (Å²) in [7, 11) is 2.30. The van der Waals surface area contributed by atoms with Gasteiger partial charge < -0.3 is 19.3 Å². The smallest absolute Gasteiger partial charge is 0.417 e. The van der Waals surface area contributed by atoms with Crippen molar-refractivity contribution >= 4 is 35.3 Å². The van der Waals surface area contributed by atoms with E-state index in [4.69, 9.17) is 19.2 Å².